The maximum absolute atomic E-state index is 13.0. The highest BCUT2D eigenvalue weighted by Gasteiger charge is 2.14. The highest BCUT2D eigenvalue weighted by atomic mass is 16.1. The zero-order chi connectivity index (χ0) is 20.6. The second-order valence-corrected chi connectivity index (χ2v) is 7.89. The molecule has 3 nitrogen and oxygen atoms in total. The third kappa shape index (κ3) is 5.44. The minimum atomic E-state index is -0.0118. The molecular formula is C26H32N2O. The fourth-order valence-electron chi connectivity index (χ4n) is 3.61. The Morgan fingerprint density at radius 2 is 1.66 bits per heavy atom. The number of aryl methyl sites for hydroxylation is 2. The smallest absolute Gasteiger partial charge is 0.252 e. The lowest BCUT2D eigenvalue weighted by molar-refractivity contribution is 0.0954. The summed E-state index contributed by atoms with van der Waals surface area (Å²) in [4.78, 5) is 17.8. The van der Waals surface area contributed by atoms with Crippen LogP contribution in [0, 0.1) is 13.8 Å². The summed E-state index contributed by atoms with van der Waals surface area (Å²) in [5.74, 6) is -0.0118. The first-order valence-corrected chi connectivity index (χ1v) is 10.9. The number of rotatable bonds is 9. The molecule has 3 heteroatoms. The van der Waals surface area contributed by atoms with Gasteiger partial charge in [-0.1, -0.05) is 69.4 Å². The second kappa shape index (κ2) is 10.2. The first-order valence-electron chi connectivity index (χ1n) is 10.9. The summed E-state index contributed by atoms with van der Waals surface area (Å²) in [6, 6.07) is 16.2. The summed E-state index contributed by atoms with van der Waals surface area (Å²) >= 11 is 0. The normalized spacial score (nSPS) is 11.0. The van der Waals surface area contributed by atoms with Crippen molar-refractivity contribution >= 4 is 16.8 Å². The number of amides is 1. The molecule has 0 spiro atoms. The van der Waals surface area contributed by atoms with E-state index >= 15 is 0 Å². The van der Waals surface area contributed by atoms with E-state index in [1.54, 1.807) is 0 Å². The molecule has 29 heavy (non-hydrogen) atoms. The maximum atomic E-state index is 13.0. The van der Waals surface area contributed by atoms with Crippen LogP contribution < -0.4 is 5.32 Å². The van der Waals surface area contributed by atoms with Gasteiger partial charge in [0.05, 0.1) is 16.8 Å². The second-order valence-electron chi connectivity index (χ2n) is 7.89. The van der Waals surface area contributed by atoms with Crippen molar-refractivity contribution in [2.24, 2.45) is 0 Å². The summed E-state index contributed by atoms with van der Waals surface area (Å²) in [6.07, 6.45) is 7.30. The number of nitrogens with zero attached hydrogens (tertiary/aromatic N) is 1. The molecule has 0 fully saturated rings. The van der Waals surface area contributed by atoms with Gasteiger partial charge in [0.2, 0.25) is 0 Å². The number of hydrogen-bond acceptors (Lipinski definition) is 2. The quantitative estimate of drug-likeness (QED) is 0.419. The van der Waals surface area contributed by atoms with Crippen LogP contribution in [0.5, 0.6) is 0 Å². The molecule has 0 saturated carbocycles. The number of benzene rings is 2. The molecule has 0 radical (unpaired) electrons. The molecule has 0 aliphatic rings. The minimum Gasteiger partial charge on any atom is -0.352 e. The van der Waals surface area contributed by atoms with Gasteiger partial charge in [0, 0.05) is 17.5 Å². The van der Waals surface area contributed by atoms with Crippen LogP contribution in [-0.4, -0.2) is 17.4 Å². The summed E-state index contributed by atoms with van der Waals surface area (Å²) in [5, 5.41) is 4.02. The largest absolute Gasteiger partial charge is 0.352 e. The van der Waals surface area contributed by atoms with Crippen LogP contribution in [0.4, 0.5) is 0 Å². The Balaban J connectivity index is 1.79. The van der Waals surface area contributed by atoms with Crippen molar-refractivity contribution in [1.82, 2.24) is 10.3 Å². The van der Waals surface area contributed by atoms with Gasteiger partial charge in [-0.25, -0.2) is 4.98 Å². The lowest BCUT2D eigenvalue weighted by atomic mass is 10.0. The first-order chi connectivity index (χ1) is 14.1. The Bertz CT molecular complexity index is 978. The highest BCUT2D eigenvalue weighted by Crippen LogP contribution is 2.26. The predicted molar refractivity (Wildman–Crippen MR) is 122 cm³/mol. The molecule has 3 aromatic rings. The van der Waals surface area contributed by atoms with Gasteiger partial charge in [0.25, 0.3) is 5.91 Å². The molecule has 1 heterocycles. The van der Waals surface area contributed by atoms with E-state index < -0.39 is 0 Å². The molecule has 1 N–H and O–H groups in total. The van der Waals surface area contributed by atoms with Gasteiger partial charge in [-0.05, 0) is 49.6 Å². The molecule has 2 aromatic carbocycles. The van der Waals surface area contributed by atoms with Crippen molar-refractivity contribution in [2.45, 2.75) is 59.3 Å². The van der Waals surface area contributed by atoms with Crippen molar-refractivity contribution in [3.05, 3.63) is 65.2 Å². The zero-order valence-corrected chi connectivity index (χ0v) is 17.9. The van der Waals surface area contributed by atoms with Crippen molar-refractivity contribution in [3.8, 4) is 11.3 Å². The number of unbranched alkanes of at least 4 members (excludes halogenated alkanes) is 5. The van der Waals surface area contributed by atoms with E-state index in [4.69, 9.17) is 4.98 Å². The monoisotopic (exact) mass is 388 g/mol. The SMILES string of the molecule is CCCCCCCCNC(=O)c1cc(-c2ccc(C)c(C)c2)nc2ccccc12. The first kappa shape index (κ1) is 21.0. The zero-order valence-electron chi connectivity index (χ0n) is 17.9. The van der Waals surface area contributed by atoms with E-state index in [1.165, 1.54) is 43.2 Å². The number of nitrogens with one attached hydrogen (secondary N) is 1. The standard InChI is InChI=1S/C26H32N2O/c1-4-5-6-7-8-11-16-27-26(29)23-18-25(21-15-14-19(2)20(3)17-21)28-24-13-10-9-12-22(23)24/h9-10,12-15,17-18H,4-8,11,16H2,1-3H3,(H,27,29). The number of pyridine rings is 1. The predicted octanol–water partition coefficient (Wildman–Crippen LogP) is 6.61. The summed E-state index contributed by atoms with van der Waals surface area (Å²) < 4.78 is 0. The van der Waals surface area contributed by atoms with Gasteiger partial charge in [-0.3, -0.25) is 4.79 Å². The Morgan fingerprint density at radius 1 is 0.897 bits per heavy atom. The van der Waals surface area contributed by atoms with Crippen molar-refractivity contribution in [2.75, 3.05) is 6.54 Å². The summed E-state index contributed by atoms with van der Waals surface area (Å²) in [7, 11) is 0. The van der Waals surface area contributed by atoms with Crippen LogP contribution >= 0.6 is 0 Å². The summed E-state index contributed by atoms with van der Waals surface area (Å²) in [6.45, 7) is 7.16. The van der Waals surface area contributed by atoms with Gasteiger partial charge >= 0.3 is 0 Å². The van der Waals surface area contributed by atoms with Crippen LogP contribution in [0.25, 0.3) is 22.2 Å². The molecule has 1 aromatic heterocycles. The van der Waals surface area contributed by atoms with Gasteiger partial charge in [0.15, 0.2) is 0 Å². The van der Waals surface area contributed by atoms with E-state index in [0.29, 0.717) is 5.56 Å². The molecule has 0 unspecified atom stereocenters. The molecular weight excluding hydrogens is 356 g/mol. The van der Waals surface area contributed by atoms with Crippen LogP contribution in [-0.2, 0) is 0 Å². The molecule has 152 valence electrons. The van der Waals surface area contributed by atoms with E-state index in [1.807, 2.05) is 30.3 Å². The Labute approximate surface area is 174 Å². The molecule has 0 atom stereocenters. The molecule has 0 saturated heterocycles. The molecule has 1 amide bonds. The number of carbonyl (C=O) groups excluding carboxylic acids is 1. The van der Waals surface area contributed by atoms with E-state index in [9.17, 15) is 4.79 Å². The van der Waals surface area contributed by atoms with Crippen LogP contribution in [0.15, 0.2) is 48.5 Å². The Morgan fingerprint density at radius 3 is 2.45 bits per heavy atom. The van der Waals surface area contributed by atoms with Crippen molar-refractivity contribution in [3.63, 3.8) is 0 Å². The Kier molecular flexibility index (Phi) is 7.40. The van der Waals surface area contributed by atoms with Gasteiger partial charge in [-0.15, -0.1) is 0 Å². The fourth-order valence-corrected chi connectivity index (χ4v) is 3.61. The molecule has 3 rings (SSSR count). The molecule has 0 aliphatic heterocycles. The maximum Gasteiger partial charge on any atom is 0.252 e. The van der Waals surface area contributed by atoms with Gasteiger partial charge in [-0.2, -0.15) is 0 Å². The van der Waals surface area contributed by atoms with E-state index in [0.717, 1.165) is 35.1 Å². The average molecular weight is 389 g/mol. The third-order valence-electron chi connectivity index (χ3n) is 5.58. The number of hydrogen-bond donors (Lipinski definition) is 1. The summed E-state index contributed by atoms with van der Waals surface area (Å²) in [5.41, 5.74) is 5.93. The van der Waals surface area contributed by atoms with Crippen LogP contribution in [0.3, 0.4) is 0 Å². The molecule has 0 bridgehead atoms. The number of para-hydroxylation sites is 1. The van der Waals surface area contributed by atoms with Crippen LogP contribution in [0.1, 0.15) is 66.9 Å². The third-order valence-corrected chi connectivity index (χ3v) is 5.58. The van der Waals surface area contributed by atoms with Crippen molar-refractivity contribution < 1.29 is 4.79 Å². The molecule has 0 aliphatic carbocycles. The number of carbonyl (C=O) groups is 1. The highest BCUT2D eigenvalue weighted by molar-refractivity contribution is 6.07. The van der Waals surface area contributed by atoms with E-state index in [-0.39, 0.29) is 5.91 Å². The van der Waals surface area contributed by atoms with Gasteiger partial charge in [0.1, 0.15) is 0 Å². The minimum absolute atomic E-state index is 0.0118. The number of aromatic nitrogens is 1. The van der Waals surface area contributed by atoms with Gasteiger partial charge < -0.3 is 5.32 Å². The number of fused-ring (bicyclic) bond motifs is 1. The van der Waals surface area contributed by atoms with E-state index in [2.05, 4.69) is 44.3 Å². The Hall–Kier alpha value is -2.68. The average Bonchev–Trinajstić information content (AvgIpc) is 2.74. The fraction of sp³-hybridized carbons (Fsp3) is 0.385. The topological polar surface area (TPSA) is 42.0 Å². The lowest BCUT2D eigenvalue weighted by Gasteiger charge is -2.11. The van der Waals surface area contributed by atoms with Crippen molar-refractivity contribution in [1.29, 1.82) is 0 Å². The lowest BCUT2D eigenvalue weighted by Crippen LogP contribution is -2.24. The van der Waals surface area contributed by atoms with Crippen LogP contribution in [0.2, 0.25) is 0 Å².